The Hall–Kier alpha value is -2.84. The fourth-order valence-electron chi connectivity index (χ4n) is 3.89. The number of ether oxygens (including phenoxy) is 1. The zero-order valence-electron chi connectivity index (χ0n) is 18.4. The molecule has 4 heterocycles. The van der Waals surface area contributed by atoms with Gasteiger partial charge in [0.15, 0.2) is 0 Å². The van der Waals surface area contributed by atoms with E-state index in [0.29, 0.717) is 5.82 Å². The van der Waals surface area contributed by atoms with Gasteiger partial charge in [0.25, 0.3) is 0 Å². The molecule has 0 bridgehead atoms. The van der Waals surface area contributed by atoms with Gasteiger partial charge in [-0.3, -0.25) is 14.5 Å². The van der Waals surface area contributed by atoms with Crippen molar-refractivity contribution >= 4 is 22.6 Å². The van der Waals surface area contributed by atoms with E-state index in [0.717, 1.165) is 61.1 Å². The SMILES string of the molecule is CC(C)OCCN1CCC(C(=O)Nc2cc3cc(-c4cnn(C)c4)cnc3cn2)CC1. The van der Waals surface area contributed by atoms with Crippen LogP contribution >= 0.6 is 0 Å². The van der Waals surface area contributed by atoms with Crippen molar-refractivity contribution in [1.29, 1.82) is 0 Å². The number of piperidine rings is 1. The average Bonchev–Trinajstić information content (AvgIpc) is 3.20. The Kier molecular flexibility index (Phi) is 6.58. The van der Waals surface area contributed by atoms with Crippen molar-refractivity contribution in [2.24, 2.45) is 13.0 Å². The van der Waals surface area contributed by atoms with Crippen LogP contribution in [0.4, 0.5) is 5.82 Å². The van der Waals surface area contributed by atoms with Gasteiger partial charge in [-0.15, -0.1) is 0 Å². The van der Waals surface area contributed by atoms with Crippen LogP contribution in [0.2, 0.25) is 0 Å². The zero-order chi connectivity index (χ0) is 21.8. The molecule has 164 valence electrons. The summed E-state index contributed by atoms with van der Waals surface area (Å²) in [6.07, 6.45) is 9.26. The molecule has 1 amide bonds. The van der Waals surface area contributed by atoms with E-state index in [1.165, 1.54) is 0 Å². The van der Waals surface area contributed by atoms with Crippen molar-refractivity contribution in [1.82, 2.24) is 24.6 Å². The molecule has 0 aromatic carbocycles. The maximum absolute atomic E-state index is 12.8. The maximum atomic E-state index is 12.8. The molecule has 0 radical (unpaired) electrons. The molecule has 1 fully saturated rings. The average molecular weight is 423 g/mol. The van der Waals surface area contributed by atoms with Gasteiger partial charge in [-0.25, -0.2) is 4.98 Å². The number of carbonyl (C=O) groups excluding carboxylic acids is 1. The topological polar surface area (TPSA) is 85.2 Å². The molecule has 1 N–H and O–H groups in total. The van der Waals surface area contributed by atoms with E-state index in [4.69, 9.17) is 4.74 Å². The zero-order valence-corrected chi connectivity index (χ0v) is 18.4. The minimum absolute atomic E-state index is 0.0135. The first kappa shape index (κ1) is 21.4. The van der Waals surface area contributed by atoms with Gasteiger partial charge in [0.2, 0.25) is 5.91 Å². The fourth-order valence-corrected chi connectivity index (χ4v) is 3.89. The fraction of sp³-hybridized carbons (Fsp3) is 0.478. The molecule has 3 aromatic heterocycles. The first-order valence-electron chi connectivity index (χ1n) is 10.9. The van der Waals surface area contributed by atoms with Crippen molar-refractivity contribution in [3.05, 3.63) is 36.9 Å². The van der Waals surface area contributed by atoms with Crippen LogP contribution < -0.4 is 5.32 Å². The van der Waals surface area contributed by atoms with Crippen LogP contribution in [0, 0.1) is 5.92 Å². The van der Waals surface area contributed by atoms with Gasteiger partial charge in [0, 0.05) is 48.4 Å². The summed E-state index contributed by atoms with van der Waals surface area (Å²) in [5, 5.41) is 8.16. The number of hydrogen-bond donors (Lipinski definition) is 1. The summed E-state index contributed by atoms with van der Waals surface area (Å²) in [5.74, 6) is 0.622. The van der Waals surface area contributed by atoms with Crippen LogP contribution in [0.1, 0.15) is 26.7 Å². The van der Waals surface area contributed by atoms with Gasteiger partial charge in [-0.1, -0.05) is 0 Å². The van der Waals surface area contributed by atoms with Gasteiger partial charge >= 0.3 is 0 Å². The van der Waals surface area contributed by atoms with Gasteiger partial charge in [0.05, 0.1) is 30.6 Å². The predicted octanol–water partition coefficient (Wildman–Crippen LogP) is 3.11. The lowest BCUT2D eigenvalue weighted by atomic mass is 9.96. The molecule has 8 heteroatoms. The Morgan fingerprint density at radius 2 is 1.97 bits per heavy atom. The summed E-state index contributed by atoms with van der Waals surface area (Å²) >= 11 is 0. The van der Waals surface area contributed by atoms with Crippen LogP contribution in [0.15, 0.2) is 36.9 Å². The number of aromatic nitrogens is 4. The minimum atomic E-state index is 0.0135. The van der Waals surface area contributed by atoms with Crippen molar-refractivity contribution in [2.75, 3.05) is 31.6 Å². The van der Waals surface area contributed by atoms with Crippen LogP contribution in [0.5, 0.6) is 0 Å². The smallest absolute Gasteiger partial charge is 0.228 e. The molecule has 1 saturated heterocycles. The molecule has 8 nitrogen and oxygen atoms in total. The number of nitrogens with zero attached hydrogens (tertiary/aromatic N) is 5. The Morgan fingerprint density at radius 1 is 1.16 bits per heavy atom. The molecular weight excluding hydrogens is 392 g/mol. The number of nitrogens with one attached hydrogen (secondary N) is 1. The van der Waals surface area contributed by atoms with Crippen molar-refractivity contribution in [2.45, 2.75) is 32.8 Å². The number of hydrogen-bond acceptors (Lipinski definition) is 6. The largest absolute Gasteiger partial charge is 0.377 e. The van der Waals surface area contributed by atoms with E-state index in [1.807, 2.05) is 51.6 Å². The van der Waals surface area contributed by atoms with Gasteiger partial charge in [-0.05, 0) is 51.9 Å². The van der Waals surface area contributed by atoms with Crippen molar-refractivity contribution in [3.63, 3.8) is 0 Å². The molecule has 0 unspecified atom stereocenters. The Balaban J connectivity index is 1.36. The normalized spacial score (nSPS) is 15.6. The van der Waals surface area contributed by atoms with E-state index in [2.05, 4.69) is 25.3 Å². The Labute approximate surface area is 182 Å². The molecule has 31 heavy (non-hydrogen) atoms. The van der Waals surface area contributed by atoms with E-state index in [9.17, 15) is 4.79 Å². The molecule has 0 saturated carbocycles. The summed E-state index contributed by atoms with van der Waals surface area (Å²) in [6, 6.07) is 3.94. The van der Waals surface area contributed by atoms with E-state index >= 15 is 0 Å². The third-order valence-electron chi connectivity index (χ3n) is 5.67. The summed E-state index contributed by atoms with van der Waals surface area (Å²) in [4.78, 5) is 24.0. The van der Waals surface area contributed by atoms with E-state index in [1.54, 1.807) is 10.9 Å². The molecule has 1 aliphatic heterocycles. The second-order valence-electron chi connectivity index (χ2n) is 8.41. The number of anilines is 1. The van der Waals surface area contributed by atoms with Gasteiger partial charge in [-0.2, -0.15) is 5.10 Å². The van der Waals surface area contributed by atoms with Crippen LogP contribution in [-0.2, 0) is 16.6 Å². The minimum Gasteiger partial charge on any atom is -0.377 e. The molecule has 0 spiro atoms. The first-order valence-corrected chi connectivity index (χ1v) is 10.9. The highest BCUT2D eigenvalue weighted by atomic mass is 16.5. The molecule has 3 aromatic rings. The predicted molar refractivity (Wildman–Crippen MR) is 121 cm³/mol. The third-order valence-corrected chi connectivity index (χ3v) is 5.67. The lowest BCUT2D eigenvalue weighted by Crippen LogP contribution is -2.39. The van der Waals surface area contributed by atoms with Gasteiger partial charge in [0.1, 0.15) is 5.82 Å². The third kappa shape index (κ3) is 5.45. The van der Waals surface area contributed by atoms with Crippen molar-refractivity contribution < 1.29 is 9.53 Å². The number of aryl methyl sites for hydroxylation is 1. The highest BCUT2D eigenvalue weighted by molar-refractivity contribution is 5.94. The molecule has 0 atom stereocenters. The second-order valence-corrected chi connectivity index (χ2v) is 8.41. The van der Waals surface area contributed by atoms with E-state index in [-0.39, 0.29) is 17.9 Å². The maximum Gasteiger partial charge on any atom is 0.228 e. The van der Waals surface area contributed by atoms with Crippen LogP contribution in [0.3, 0.4) is 0 Å². The lowest BCUT2D eigenvalue weighted by molar-refractivity contribution is -0.121. The first-order chi connectivity index (χ1) is 15.0. The van der Waals surface area contributed by atoms with E-state index < -0.39 is 0 Å². The number of carbonyl (C=O) groups is 1. The van der Waals surface area contributed by atoms with Crippen LogP contribution in [-0.4, -0.2) is 62.9 Å². The number of fused-ring (bicyclic) bond motifs is 1. The quantitative estimate of drug-likeness (QED) is 0.630. The standard InChI is InChI=1S/C23H30N6O2/c1-16(2)31-9-8-29-6-4-17(5-7-29)23(30)27-22-11-18-10-19(12-24-21(18)14-25-22)20-13-26-28(3)15-20/h10-17H,4-9H2,1-3H3,(H,25,27,30). The highest BCUT2D eigenvalue weighted by Crippen LogP contribution is 2.24. The highest BCUT2D eigenvalue weighted by Gasteiger charge is 2.25. The molecule has 0 aliphatic carbocycles. The molecular formula is C23H30N6O2. The number of likely N-dealkylation sites (tertiary alicyclic amines) is 1. The summed E-state index contributed by atoms with van der Waals surface area (Å²) in [6.45, 7) is 7.60. The monoisotopic (exact) mass is 422 g/mol. The second kappa shape index (κ2) is 9.53. The molecule has 4 rings (SSSR count). The Bertz CT molecular complexity index is 1040. The van der Waals surface area contributed by atoms with Crippen LogP contribution in [0.25, 0.3) is 22.0 Å². The summed E-state index contributed by atoms with van der Waals surface area (Å²) < 4.78 is 7.40. The lowest BCUT2D eigenvalue weighted by Gasteiger charge is -2.31. The van der Waals surface area contributed by atoms with Crippen molar-refractivity contribution in [3.8, 4) is 11.1 Å². The molecule has 1 aliphatic rings. The summed E-state index contributed by atoms with van der Waals surface area (Å²) in [7, 11) is 1.89. The summed E-state index contributed by atoms with van der Waals surface area (Å²) in [5.41, 5.74) is 2.78. The Morgan fingerprint density at radius 3 is 2.68 bits per heavy atom. The number of amides is 1. The number of pyridine rings is 2. The number of rotatable bonds is 7. The van der Waals surface area contributed by atoms with Gasteiger partial charge < -0.3 is 15.0 Å².